The molecule has 0 spiro atoms. The second kappa shape index (κ2) is 5.90. The van der Waals surface area contributed by atoms with Gasteiger partial charge in [0, 0.05) is 14.1 Å². The van der Waals surface area contributed by atoms with Gasteiger partial charge in [0.2, 0.25) is 10.0 Å². The number of carboxylic acids is 1. The molecular weight excluding hydrogens is 302 g/mol. The lowest BCUT2D eigenvalue weighted by atomic mass is 9.96. The summed E-state index contributed by atoms with van der Waals surface area (Å²) >= 11 is 0. The molecule has 0 radical (unpaired) electrons. The molecule has 0 aromatic heterocycles. The molecule has 5 nitrogen and oxygen atoms in total. The summed E-state index contributed by atoms with van der Waals surface area (Å²) in [6, 6.07) is 11.5. The van der Waals surface area contributed by atoms with Crippen molar-refractivity contribution in [1.82, 2.24) is 4.31 Å². The molecule has 116 valence electrons. The summed E-state index contributed by atoms with van der Waals surface area (Å²) in [5.41, 5.74) is 2.44. The highest BCUT2D eigenvalue weighted by Crippen LogP contribution is 2.27. The zero-order valence-electron chi connectivity index (χ0n) is 12.6. The lowest BCUT2D eigenvalue weighted by Crippen LogP contribution is -2.22. The molecule has 22 heavy (non-hydrogen) atoms. The summed E-state index contributed by atoms with van der Waals surface area (Å²) in [5.74, 6) is -0.980. The van der Waals surface area contributed by atoms with E-state index >= 15 is 0 Å². The van der Waals surface area contributed by atoms with Crippen LogP contribution in [0.2, 0.25) is 0 Å². The third-order valence-electron chi connectivity index (χ3n) is 3.51. The standard InChI is InChI=1S/C16H17NO4S/c1-11-14(5-4-6-15(11)16(18)19)12-7-9-13(10-8-12)22(20,21)17(2)3/h4-10H,1-3H3,(H,18,19). The van der Waals surface area contributed by atoms with Crippen LogP contribution < -0.4 is 0 Å². The molecule has 0 fully saturated rings. The van der Waals surface area contributed by atoms with Crippen molar-refractivity contribution >= 4 is 16.0 Å². The van der Waals surface area contributed by atoms with Crippen LogP contribution in [0.3, 0.4) is 0 Å². The first kappa shape index (κ1) is 16.2. The minimum absolute atomic E-state index is 0.202. The Hall–Kier alpha value is -2.18. The number of carboxylic acid groups (broad SMARTS) is 1. The van der Waals surface area contributed by atoms with E-state index in [-0.39, 0.29) is 10.5 Å². The number of rotatable bonds is 4. The van der Waals surface area contributed by atoms with Crippen molar-refractivity contribution in [3.8, 4) is 11.1 Å². The largest absolute Gasteiger partial charge is 0.478 e. The van der Waals surface area contributed by atoms with Gasteiger partial charge in [-0.2, -0.15) is 0 Å². The molecule has 6 heteroatoms. The molecule has 0 unspecified atom stereocenters. The summed E-state index contributed by atoms with van der Waals surface area (Å²) in [4.78, 5) is 11.4. The number of carbonyl (C=O) groups is 1. The van der Waals surface area contributed by atoms with Crippen LogP contribution in [0.25, 0.3) is 11.1 Å². The Morgan fingerprint density at radius 2 is 1.64 bits per heavy atom. The minimum atomic E-state index is -3.47. The first-order valence-corrected chi connectivity index (χ1v) is 8.05. The maximum atomic E-state index is 12.0. The van der Waals surface area contributed by atoms with E-state index in [2.05, 4.69) is 0 Å². The van der Waals surface area contributed by atoms with Crippen LogP contribution in [0.5, 0.6) is 0 Å². The lowest BCUT2D eigenvalue weighted by molar-refractivity contribution is 0.0696. The SMILES string of the molecule is Cc1c(C(=O)O)cccc1-c1ccc(S(=O)(=O)N(C)C)cc1. The maximum absolute atomic E-state index is 12.0. The molecule has 0 aliphatic carbocycles. The zero-order valence-corrected chi connectivity index (χ0v) is 13.4. The molecule has 0 aliphatic heterocycles. The molecule has 0 saturated heterocycles. The average molecular weight is 319 g/mol. The maximum Gasteiger partial charge on any atom is 0.335 e. The Morgan fingerprint density at radius 1 is 1.05 bits per heavy atom. The highest BCUT2D eigenvalue weighted by atomic mass is 32.2. The summed E-state index contributed by atoms with van der Waals surface area (Å²) in [6.45, 7) is 1.74. The number of sulfonamides is 1. The van der Waals surface area contributed by atoms with Crippen LogP contribution >= 0.6 is 0 Å². The van der Waals surface area contributed by atoms with Crippen LogP contribution in [0.4, 0.5) is 0 Å². The van der Waals surface area contributed by atoms with Crippen molar-refractivity contribution in [2.24, 2.45) is 0 Å². The third-order valence-corrected chi connectivity index (χ3v) is 5.34. The van der Waals surface area contributed by atoms with Gasteiger partial charge >= 0.3 is 5.97 Å². The van der Waals surface area contributed by atoms with Crippen molar-refractivity contribution in [3.05, 3.63) is 53.6 Å². The van der Waals surface area contributed by atoms with E-state index < -0.39 is 16.0 Å². The van der Waals surface area contributed by atoms with Crippen LogP contribution in [-0.2, 0) is 10.0 Å². The summed E-state index contributed by atoms with van der Waals surface area (Å²) in [7, 11) is -0.517. The van der Waals surface area contributed by atoms with Gasteiger partial charge in [0.05, 0.1) is 10.5 Å². The predicted octanol–water partition coefficient (Wildman–Crippen LogP) is 2.61. The molecule has 2 rings (SSSR count). The molecule has 0 atom stereocenters. The fourth-order valence-corrected chi connectivity index (χ4v) is 3.10. The van der Waals surface area contributed by atoms with Gasteiger partial charge in [-0.3, -0.25) is 0 Å². The van der Waals surface area contributed by atoms with Gasteiger partial charge in [-0.1, -0.05) is 24.3 Å². The second-order valence-corrected chi connectivity index (χ2v) is 7.25. The molecule has 0 heterocycles. The van der Waals surface area contributed by atoms with Crippen molar-refractivity contribution < 1.29 is 18.3 Å². The van der Waals surface area contributed by atoms with Crippen LogP contribution in [-0.4, -0.2) is 37.9 Å². The Labute approximate surface area is 129 Å². The summed E-state index contributed by atoms with van der Waals surface area (Å²) < 4.78 is 25.2. The number of hydrogen-bond acceptors (Lipinski definition) is 3. The minimum Gasteiger partial charge on any atom is -0.478 e. The van der Waals surface area contributed by atoms with Gasteiger partial charge in [-0.15, -0.1) is 0 Å². The second-order valence-electron chi connectivity index (χ2n) is 5.10. The van der Waals surface area contributed by atoms with Crippen molar-refractivity contribution in [2.45, 2.75) is 11.8 Å². The zero-order chi connectivity index (χ0) is 16.5. The first-order chi connectivity index (χ1) is 10.2. The van der Waals surface area contributed by atoms with Crippen molar-refractivity contribution in [3.63, 3.8) is 0 Å². The van der Waals surface area contributed by atoms with E-state index in [0.29, 0.717) is 5.56 Å². The smallest absolute Gasteiger partial charge is 0.335 e. The van der Waals surface area contributed by atoms with Crippen LogP contribution in [0.15, 0.2) is 47.4 Å². The average Bonchev–Trinajstić information content (AvgIpc) is 2.47. The predicted molar refractivity (Wildman–Crippen MR) is 84.4 cm³/mol. The Balaban J connectivity index is 2.49. The van der Waals surface area contributed by atoms with Gasteiger partial charge < -0.3 is 5.11 Å². The quantitative estimate of drug-likeness (QED) is 0.940. The highest BCUT2D eigenvalue weighted by molar-refractivity contribution is 7.89. The van der Waals surface area contributed by atoms with Crippen LogP contribution in [0.1, 0.15) is 15.9 Å². The van der Waals surface area contributed by atoms with E-state index in [4.69, 9.17) is 5.11 Å². The number of hydrogen-bond donors (Lipinski definition) is 1. The van der Waals surface area contributed by atoms with Crippen molar-refractivity contribution in [1.29, 1.82) is 0 Å². The molecule has 0 bridgehead atoms. The Kier molecular flexibility index (Phi) is 4.35. The number of aromatic carboxylic acids is 1. The summed E-state index contributed by atoms with van der Waals surface area (Å²) in [6.07, 6.45) is 0. The highest BCUT2D eigenvalue weighted by Gasteiger charge is 2.17. The van der Waals surface area contributed by atoms with E-state index in [0.717, 1.165) is 15.4 Å². The van der Waals surface area contributed by atoms with Gasteiger partial charge in [0.25, 0.3) is 0 Å². The third kappa shape index (κ3) is 2.88. The topological polar surface area (TPSA) is 74.7 Å². The van der Waals surface area contributed by atoms with Gasteiger partial charge in [-0.05, 0) is 41.8 Å². The van der Waals surface area contributed by atoms with Crippen molar-refractivity contribution in [2.75, 3.05) is 14.1 Å². The molecule has 0 saturated carbocycles. The fraction of sp³-hybridized carbons (Fsp3) is 0.188. The van der Waals surface area contributed by atoms with E-state index in [1.807, 2.05) is 6.07 Å². The molecule has 0 amide bonds. The lowest BCUT2D eigenvalue weighted by Gasteiger charge is -2.13. The normalized spacial score (nSPS) is 11.6. The molecule has 2 aromatic rings. The van der Waals surface area contributed by atoms with Gasteiger partial charge in [0.15, 0.2) is 0 Å². The molecule has 1 N–H and O–H groups in total. The van der Waals surface area contributed by atoms with E-state index in [1.54, 1.807) is 31.2 Å². The van der Waals surface area contributed by atoms with Crippen LogP contribution in [0, 0.1) is 6.92 Å². The fourth-order valence-electron chi connectivity index (χ4n) is 2.20. The molecule has 2 aromatic carbocycles. The van der Waals surface area contributed by atoms with E-state index in [1.165, 1.54) is 26.2 Å². The Bertz CT molecular complexity index is 809. The summed E-state index contributed by atoms with van der Waals surface area (Å²) in [5, 5.41) is 9.16. The number of nitrogens with zero attached hydrogens (tertiary/aromatic N) is 1. The van der Waals surface area contributed by atoms with E-state index in [9.17, 15) is 13.2 Å². The van der Waals surface area contributed by atoms with Gasteiger partial charge in [-0.25, -0.2) is 17.5 Å². The van der Waals surface area contributed by atoms with Gasteiger partial charge in [0.1, 0.15) is 0 Å². The molecule has 0 aliphatic rings. The monoisotopic (exact) mass is 319 g/mol. The Morgan fingerprint density at radius 3 is 2.14 bits per heavy atom. The number of benzene rings is 2. The first-order valence-electron chi connectivity index (χ1n) is 6.61. The molecular formula is C16H17NO4S.